The first kappa shape index (κ1) is 14.7. The highest BCUT2D eigenvalue weighted by Crippen LogP contribution is 2.31. The number of hydrogen-bond acceptors (Lipinski definition) is 2. The van der Waals surface area contributed by atoms with Crippen molar-refractivity contribution in [3.05, 3.63) is 28.8 Å². The van der Waals surface area contributed by atoms with Crippen molar-refractivity contribution in [3.63, 3.8) is 0 Å². The fourth-order valence-electron chi connectivity index (χ4n) is 2.53. The van der Waals surface area contributed by atoms with Gasteiger partial charge < -0.3 is 10.1 Å². The van der Waals surface area contributed by atoms with Crippen LogP contribution in [0.4, 0.5) is 0 Å². The van der Waals surface area contributed by atoms with Crippen LogP contribution in [0.25, 0.3) is 0 Å². The molecule has 3 heteroatoms. The Labute approximate surface area is 121 Å². The quantitative estimate of drug-likeness (QED) is 0.872. The van der Waals surface area contributed by atoms with E-state index in [2.05, 4.69) is 19.2 Å². The zero-order valence-corrected chi connectivity index (χ0v) is 12.7. The van der Waals surface area contributed by atoms with Crippen LogP contribution in [-0.2, 0) is 0 Å². The van der Waals surface area contributed by atoms with Crippen molar-refractivity contribution in [1.82, 2.24) is 5.32 Å². The summed E-state index contributed by atoms with van der Waals surface area (Å²) in [5.74, 6) is 2.12. The third kappa shape index (κ3) is 4.12. The molecule has 1 N–H and O–H groups in total. The summed E-state index contributed by atoms with van der Waals surface area (Å²) in [5.41, 5.74) is 1.23. The molecule has 0 aliphatic carbocycles. The van der Waals surface area contributed by atoms with E-state index in [-0.39, 0.29) is 0 Å². The van der Waals surface area contributed by atoms with Gasteiger partial charge in [-0.15, -0.1) is 0 Å². The van der Waals surface area contributed by atoms with Crippen molar-refractivity contribution in [2.24, 2.45) is 5.92 Å². The second kappa shape index (κ2) is 7.16. The van der Waals surface area contributed by atoms with Crippen LogP contribution in [0, 0.1) is 5.92 Å². The number of ether oxygens (including phenoxy) is 1. The summed E-state index contributed by atoms with van der Waals surface area (Å²) in [6, 6.07) is 5.98. The fourth-order valence-corrected chi connectivity index (χ4v) is 2.71. The lowest BCUT2D eigenvalue weighted by molar-refractivity contribution is 0.216. The molecule has 2 rings (SSSR count). The Kier molecular flexibility index (Phi) is 5.53. The molecule has 2 nitrogen and oxygen atoms in total. The highest BCUT2D eigenvalue weighted by atomic mass is 35.5. The van der Waals surface area contributed by atoms with Crippen molar-refractivity contribution in [3.8, 4) is 5.75 Å². The third-order valence-electron chi connectivity index (χ3n) is 3.99. The number of hydrogen-bond donors (Lipinski definition) is 1. The van der Waals surface area contributed by atoms with Gasteiger partial charge in [-0.1, -0.05) is 25.4 Å². The fraction of sp³-hybridized carbons (Fsp3) is 0.625. The van der Waals surface area contributed by atoms with Gasteiger partial charge in [-0.2, -0.15) is 0 Å². The van der Waals surface area contributed by atoms with Crippen LogP contribution in [0.3, 0.4) is 0 Å². The summed E-state index contributed by atoms with van der Waals surface area (Å²) in [7, 11) is 0. The van der Waals surface area contributed by atoms with Crippen LogP contribution < -0.4 is 10.1 Å². The number of benzene rings is 1. The molecule has 0 spiro atoms. The minimum atomic E-state index is 0.484. The lowest BCUT2D eigenvalue weighted by Crippen LogP contribution is -2.33. The molecule has 1 fully saturated rings. The first-order valence-electron chi connectivity index (χ1n) is 7.33. The number of rotatable bonds is 5. The Morgan fingerprint density at radius 2 is 2.32 bits per heavy atom. The van der Waals surface area contributed by atoms with Gasteiger partial charge in [-0.3, -0.25) is 0 Å². The molecule has 0 amide bonds. The normalized spacial score (nSPS) is 21.1. The summed E-state index contributed by atoms with van der Waals surface area (Å²) in [5, 5.41) is 4.22. The smallest absolute Gasteiger partial charge is 0.122 e. The molecule has 1 aliphatic rings. The van der Waals surface area contributed by atoms with Crippen LogP contribution in [0.2, 0.25) is 5.02 Å². The molecule has 1 aromatic carbocycles. The molecule has 2 atom stereocenters. The minimum Gasteiger partial charge on any atom is -0.493 e. The molecule has 1 aliphatic heterocycles. The summed E-state index contributed by atoms with van der Waals surface area (Å²) < 4.78 is 6.06. The van der Waals surface area contributed by atoms with E-state index in [4.69, 9.17) is 16.3 Å². The van der Waals surface area contributed by atoms with Gasteiger partial charge in [-0.25, -0.2) is 0 Å². The van der Waals surface area contributed by atoms with Gasteiger partial charge in [0.05, 0.1) is 6.61 Å². The lowest BCUT2D eigenvalue weighted by atomic mass is 9.97. The second-order valence-electron chi connectivity index (χ2n) is 5.51. The Bertz CT molecular complexity index is 402. The van der Waals surface area contributed by atoms with E-state index in [0.717, 1.165) is 36.9 Å². The van der Waals surface area contributed by atoms with E-state index in [1.807, 2.05) is 18.2 Å². The zero-order valence-electron chi connectivity index (χ0n) is 11.9. The van der Waals surface area contributed by atoms with E-state index < -0.39 is 0 Å². The SMILES string of the molecule is CC[C@H](C)c1cc(Cl)ccc1OC[C@@H]1CCCNC1. The van der Waals surface area contributed by atoms with Crippen LogP contribution in [0.5, 0.6) is 5.75 Å². The Morgan fingerprint density at radius 3 is 3.00 bits per heavy atom. The molecule has 19 heavy (non-hydrogen) atoms. The Morgan fingerprint density at radius 1 is 1.47 bits per heavy atom. The average Bonchev–Trinajstić information content (AvgIpc) is 2.46. The average molecular weight is 282 g/mol. The molecule has 0 saturated carbocycles. The van der Waals surface area contributed by atoms with Gasteiger partial charge in [0.2, 0.25) is 0 Å². The molecule has 1 aromatic rings. The maximum atomic E-state index is 6.10. The van der Waals surface area contributed by atoms with Crippen molar-refractivity contribution in [1.29, 1.82) is 0 Å². The Balaban J connectivity index is 2.02. The van der Waals surface area contributed by atoms with Gasteiger partial charge in [0.25, 0.3) is 0 Å². The van der Waals surface area contributed by atoms with Crippen molar-refractivity contribution >= 4 is 11.6 Å². The van der Waals surface area contributed by atoms with Gasteiger partial charge in [0.1, 0.15) is 5.75 Å². The molecule has 0 aromatic heterocycles. The predicted molar refractivity (Wildman–Crippen MR) is 81.2 cm³/mol. The number of nitrogens with one attached hydrogen (secondary N) is 1. The van der Waals surface area contributed by atoms with Crippen LogP contribution in [-0.4, -0.2) is 19.7 Å². The van der Waals surface area contributed by atoms with E-state index in [1.165, 1.54) is 18.4 Å². The van der Waals surface area contributed by atoms with E-state index in [1.54, 1.807) is 0 Å². The zero-order chi connectivity index (χ0) is 13.7. The first-order valence-corrected chi connectivity index (χ1v) is 7.71. The largest absolute Gasteiger partial charge is 0.493 e. The highest BCUT2D eigenvalue weighted by molar-refractivity contribution is 6.30. The molecule has 0 bridgehead atoms. The van der Waals surface area contributed by atoms with Crippen molar-refractivity contribution in [2.45, 2.75) is 39.0 Å². The lowest BCUT2D eigenvalue weighted by Gasteiger charge is -2.24. The monoisotopic (exact) mass is 281 g/mol. The van der Waals surface area contributed by atoms with Crippen LogP contribution >= 0.6 is 11.6 Å². The maximum Gasteiger partial charge on any atom is 0.122 e. The predicted octanol–water partition coefficient (Wildman–Crippen LogP) is 4.23. The Hall–Kier alpha value is -0.730. The van der Waals surface area contributed by atoms with Gasteiger partial charge in [-0.05, 0) is 55.5 Å². The molecule has 0 unspecified atom stereocenters. The first-order chi connectivity index (χ1) is 9.20. The van der Waals surface area contributed by atoms with E-state index in [9.17, 15) is 0 Å². The summed E-state index contributed by atoms with van der Waals surface area (Å²) in [6.07, 6.45) is 3.62. The third-order valence-corrected chi connectivity index (χ3v) is 4.22. The number of piperidine rings is 1. The maximum absolute atomic E-state index is 6.10. The van der Waals surface area contributed by atoms with Gasteiger partial charge in [0, 0.05) is 17.5 Å². The summed E-state index contributed by atoms with van der Waals surface area (Å²) in [6.45, 7) is 7.45. The molecule has 106 valence electrons. The van der Waals surface area contributed by atoms with Crippen LogP contribution in [0.1, 0.15) is 44.6 Å². The molecular weight excluding hydrogens is 258 g/mol. The molecule has 1 heterocycles. The molecule has 1 saturated heterocycles. The van der Waals surface area contributed by atoms with Crippen molar-refractivity contribution < 1.29 is 4.74 Å². The summed E-state index contributed by atoms with van der Waals surface area (Å²) >= 11 is 6.10. The van der Waals surface area contributed by atoms with Gasteiger partial charge in [0.15, 0.2) is 0 Å². The summed E-state index contributed by atoms with van der Waals surface area (Å²) in [4.78, 5) is 0. The van der Waals surface area contributed by atoms with Crippen LogP contribution in [0.15, 0.2) is 18.2 Å². The van der Waals surface area contributed by atoms with Gasteiger partial charge >= 0.3 is 0 Å². The van der Waals surface area contributed by atoms with Crippen molar-refractivity contribution in [2.75, 3.05) is 19.7 Å². The minimum absolute atomic E-state index is 0.484. The topological polar surface area (TPSA) is 21.3 Å². The highest BCUT2D eigenvalue weighted by Gasteiger charge is 2.16. The molecular formula is C16H24ClNO. The number of halogens is 1. The standard InChI is InChI=1S/C16H24ClNO/c1-3-12(2)15-9-14(17)6-7-16(15)19-11-13-5-4-8-18-10-13/h6-7,9,12-13,18H,3-5,8,10-11H2,1-2H3/t12-,13+/m0/s1. The van der Waals surface area contributed by atoms with E-state index in [0.29, 0.717) is 11.8 Å². The van der Waals surface area contributed by atoms with E-state index >= 15 is 0 Å². The molecule has 0 radical (unpaired) electrons. The second-order valence-corrected chi connectivity index (χ2v) is 5.95.